The summed E-state index contributed by atoms with van der Waals surface area (Å²) < 4.78 is 8.50. The van der Waals surface area contributed by atoms with Gasteiger partial charge in [0, 0.05) is 42.1 Å². The number of piperidine rings is 1. The van der Waals surface area contributed by atoms with Crippen LogP contribution in [-0.2, 0) is 11.3 Å². The number of methoxy groups -OCH3 is 1. The number of nitrogens with zero attached hydrogens (tertiary/aromatic N) is 4. The van der Waals surface area contributed by atoms with E-state index < -0.39 is 0 Å². The molecule has 1 atom stereocenters. The third kappa shape index (κ3) is 3.90. The first-order valence-corrected chi connectivity index (χ1v) is 11.5. The number of pyridine rings is 1. The van der Waals surface area contributed by atoms with E-state index in [1.165, 1.54) is 0 Å². The monoisotopic (exact) mass is 493 g/mol. The molecule has 0 radical (unpaired) electrons. The molecule has 0 aliphatic carbocycles. The molecule has 3 aromatic heterocycles. The largest absolute Gasteiger partial charge is 0.496 e. The number of amides is 1. The van der Waals surface area contributed by atoms with Gasteiger partial charge in [-0.05, 0) is 55.3 Å². The Balaban J connectivity index is 1.35. The summed E-state index contributed by atoms with van der Waals surface area (Å²) in [5.41, 5.74) is 3.66. The van der Waals surface area contributed by atoms with Crippen molar-refractivity contribution in [1.82, 2.24) is 19.7 Å². The molecular formula is C24H24BrN5O2. The van der Waals surface area contributed by atoms with Crippen molar-refractivity contribution in [3.63, 3.8) is 0 Å². The maximum Gasteiger partial charge on any atom is 0.225 e. The van der Waals surface area contributed by atoms with E-state index in [-0.39, 0.29) is 11.8 Å². The van der Waals surface area contributed by atoms with Crippen LogP contribution in [0.1, 0.15) is 18.4 Å². The highest BCUT2D eigenvalue weighted by atomic mass is 79.9. The summed E-state index contributed by atoms with van der Waals surface area (Å²) in [6, 6.07) is 13.8. The first-order chi connectivity index (χ1) is 15.6. The molecular weight excluding hydrogens is 470 g/mol. The van der Waals surface area contributed by atoms with Gasteiger partial charge in [-0.15, -0.1) is 0 Å². The normalized spacial score (nSPS) is 16.4. The van der Waals surface area contributed by atoms with Crippen molar-refractivity contribution < 1.29 is 9.53 Å². The molecule has 32 heavy (non-hydrogen) atoms. The number of halogens is 1. The number of ether oxygens (including phenoxy) is 1. The summed E-state index contributed by atoms with van der Waals surface area (Å²) in [5, 5.41) is 3.10. The van der Waals surface area contributed by atoms with Crippen LogP contribution in [0.5, 0.6) is 5.75 Å². The van der Waals surface area contributed by atoms with Crippen LogP contribution in [-0.4, -0.2) is 40.5 Å². The highest BCUT2D eigenvalue weighted by Gasteiger charge is 2.28. The zero-order valence-electron chi connectivity index (χ0n) is 17.8. The maximum atomic E-state index is 13.0. The molecule has 1 fully saturated rings. The lowest BCUT2D eigenvalue weighted by atomic mass is 9.97. The van der Waals surface area contributed by atoms with E-state index >= 15 is 0 Å². The van der Waals surface area contributed by atoms with Gasteiger partial charge in [-0.2, -0.15) is 0 Å². The fourth-order valence-electron chi connectivity index (χ4n) is 4.42. The Hall–Kier alpha value is -3.13. The summed E-state index contributed by atoms with van der Waals surface area (Å²) in [5.74, 6) is 1.61. The molecule has 0 bridgehead atoms. The molecule has 1 aliphatic heterocycles. The van der Waals surface area contributed by atoms with Gasteiger partial charge >= 0.3 is 0 Å². The second-order valence-corrected chi connectivity index (χ2v) is 8.92. The Kier molecular flexibility index (Phi) is 5.70. The number of rotatable bonds is 5. The second-order valence-electron chi connectivity index (χ2n) is 8.00. The van der Waals surface area contributed by atoms with Gasteiger partial charge in [0.2, 0.25) is 5.91 Å². The highest BCUT2D eigenvalue weighted by Crippen LogP contribution is 2.29. The number of carbonyl (C=O) groups is 1. The zero-order chi connectivity index (χ0) is 22.1. The molecule has 0 unspecified atom stereocenters. The van der Waals surface area contributed by atoms with Crippen LogP contribution in [0, 0.1) is 5.92 Å². The molecule has 1 amide bonds. The summed E-state index contributed by atoms with van der Waals surface area (Å²) >= 11 is 3.49. The molecule has 4 aromatic rings. The van der Waals surface area contributed by atoms with Crippen LogP contribution in [0.4, 0.5) is 5.82 Å². The quantitative estimate of drug-likeness (QED) is 0.451. The van der Waals surface area contributed by atoms with Gasteiger partial charge in [0.1, 0.15) is 5.75 Å². The first kappa shape index (κ1) is 20.8. The summed E-state index contributed by atoms with van der Waals surface area (Å²) in [4.78, 5) is 24.6. The van der Waals surface area contributed by atoms with Crippen molar-refractivity contribution >= 4 is 44.3 Å². The van der Waals surface area contributed by atoms with Crippen molar-refractivity contribution in [2.75, 3.05) is 25.1 Å². The van der Waals surface area contributed by atoms with Gasteiger partial charge < -0.3 is 19.4 Å². The molecule has 4 heterocycles. The number of hydrogen-bond donors (Lipinski definition) is 1. The Bertz CT molecular complexity index is 1290. The van der Waals surface area contributed by atoms with Crippen LogP contribution < -0.4 is 15.0 Å². The van der Waals surface area contributed by atoms with Crippen LogP contribution in [0.25, 0.3) is 16.7 Å². The number of hydrogen-bond acceptors (Lipinski definition) is 5. The van der Waals surface area contributed by atoms with Gasteiger partial charge in [-0.1, -0.05) is 15.9 Å². The maximum absolute atomic E-state index is 13.0. The molecule has 1 N–H and O–H groups in total. The van der Waals surface area contributed by atoms with Crippen molar-refractivity contribution in [2.45, 2.75) is 19.4 Å². The second kappa shape index (κ2) is 8.78. The van der Waals surface area contributed by atoms with E-state index in [1.54, 1.807) is 13.3 Å². The van der Waals surface area contributed by atoms with Crippen molar-refractivity contribution in [3.8, 4) is 5.75 Å². The van der Waals surface area contributed by atoms with Crippen LogP contribution in [0.2, 0.25) is 0 Å². The molecule has 164 valence electrons. The predicted octanol–water partition coefficient (Wildman–Crippen LogP) is 4.19. The van der Waals surface area contributed by atoms with E-state index in [0.717, 1.165) is 52.0 Å². The Morgan fingerprint density at radius 3 is 3.00 bits per heavy atom. The van der Waals surface area contributed by atoms with Gasteiger partial charge in [0.05, 0.1) is 24.1 Å². The van der Waals surface area contributed by atoms with E-state index in [4.69, 9.17) is 9.72 Å². The third-order valence-corrected chi connectivity index (χ3v) is 6.50. The predicted molar refractivity (Wildman–Crippen MR) is 128 cm³/mol. The van der Waals surface area contributed by atoms with Gasteiger partial charge in [-0.3, -0.25) is 4.79 Å². The molecule has 0 saturated carbocycles. The Labute approximate surface area is 194 Å². The van der Waals surface area contributed by atoms with E-state index in [9.17, 15) is 4.79 Å². The van der Waals surface area contributed by atoms with Gasteiger partial charge in [0.25, 0.3) is 0 Å². The van der Waals surface area contributed by atoms with E-state index in [2.05, 4.69) is 41.6 Å². The lowest BCUT2D eigenvalue weighted by Crippen LogP contribution is -2.43. The smallest absolute Gasteiger partial charge is 0.225 e. The molecule has 7 nitrogen and oxygen atoms in total. The SMILES string of the molecule is COc1ccc(Br)cc1CNC(=O)[C@H]1CCCN(c2nc3ncccc3n3cccc23)C1. The molecule has 1 aromatic carbocycles. The molecule has 0 spiro atoms. The van der Waals surface area contributed by atoms with Gasteiger partial charge in [-0.25, -0.2) is 9.97 Å². The summed E-state index contributed by atoms with van der Waals surface area (Å²) in [6.45, 7) is 1.93. The minimum Gasteiger partial charge on any atom is -0.496 e. The number of aromatic nitrogens is 3. The van der Waals surface area contributed by atoms with Crippen molar-refractivity contribution in [1.29, 1.82) is 0 Å². The average molecular weight is 494 g/mol. The zero-order valence-corrected chi connectivity index (χ0v) is 19.4. The molecule has 1 aliphatic rings. The number of carbonyl (C=O) groups excluding carboxylic acids is 1. The Morgan fingerprint density at radius 2 is 2.12 bits per heavy atom. The highest BCUT2D eigenvalue weighted by molar-refractivity contribution is 9.10. The molecule has 5 rings (SSSR count). The molecule has 1 saturated heterocycles. The van der Waals surface area contributed by atoms with Crippen LogP contribution in [0.15, 0.2) is 59.3 Å². The third-order valence-electron chi connectivity index (χ3n) is 6.00. The van der Waals surface area contributed by atoms with Crippen LogP contribution >= 0.6 is 15.9 Å². The van der Waals surface area contributed by atoms with Crippen molar-refractivity contribution in [3.05, 3.63) is 64.9 Å². The number of anilines is 1. The summed E-state index contributed by atoms with van der Waals surface area (Å²) in [6.07, 6.45) is 5.59. The minimum absolute atomic E-state index is 0.0574. The standard InChI is InChI=1S/C24H24BrN5O2/c1-32-21-9-8-18(25)13-17(21)14-27-24(31)16-5-3-11-29(15-16)23-20-7-4-12-30(20)19-6-2-10-26-22(19)28-23/h2,4,6-10,12-13,16H,3,5,11,14-15H2,1H3,(H,27,31)/t16-/m0/s1. The fraction of sp³-hybridized carbons (Fsp3) is 0.292. The number of benzene rings is 1. The topological polar surface area (TPSA) is 71.8 Å². The van der Waals surface area contributed by atoms with E-state index in [1.807, 2.05) is 42.6 Å². The van der Waals surface area contributed by atoms with Crippen LogP contribution in [0.3, 0.4) is 0 Å². The first-order valence-electron chi connectivity index (χ1n) is 10.7. The lowest BCUT2D eigenvalue weighted by Gasteiger charge is -2.33. The Morgan fingerprint density at radius 1 is 1.25 bits per heavy atom. The summed E-state index contributed by atoms with van der Waals surface area (Å²) in [7, 11) is 1.64. The minimum atomic E-state index is -0.0989. The lowest BCUT2D eigenvalue weighted by molar-refractivity contribution is -0.125. The fourth-order valence-corrected chi connectivity index (χ4v) is 4.83. The molecule has 8 heteroatoms. The van der Waals surface area contributed by atoms with E-state index in [0.29, 0.717) is 18.7 Å². The number of nitrogens with one attached hydrogen (secondary N) is 1. The number of fused-ring (bicyclic) bond motifs is 3. The average Bonchev–Trinajstić information content (AvgIpc) is 3.32. The van der Waals surface area contributed by atoms with Crippen molar-refractivity contribution in [2.24, 2.45) is 5.92 Å². The van der Waals surface area contributed by atoms with Gasteiger partial charge in [0.15, 0.2) is 11.5 Å².